The first-order chi connectivity index (χ1) is 12.0. The highest BCUT2D eigenvalue weighted by molar-refractivity contribution is 5.93. The van der Waals surface area contributed by atoms with Crippen molar-refractivity contribution in [2.24, 2.45) is 5.92 Å². The topological polar surface area (TPSA) is 78.1 Å². The normalized spacial score (nSPS) is 17.6. The van der Waals surface area contributed by atoms with Crippen LogP contribution in [0.3, 0.4) is 0 Å². The van der Waals surface area contributed by atoms with Gasteiger partial charge < -0.3 is 10.2 Å². The van der Waals surface area contributed by atoms with E-state index in [0.29, 0.717) is 12.5 Å². The van der Waals surface area contributed by atoms with Crippen LogP contribution in [0.15, 0.2) is 41.3 Å². The second kappa shape index (κ2) is 7.51. The molecule has 1 amide bonds. The Bertz CT molecular complexity index is 783. The molecule has 0 bridgehead atoms. The average molecular weight is 340 g/mol. The number of carbonyl (C=O) groups excluding carboxylic acids is 1. The van der Waals surface area contributed by atoms with Crippen molar-refractivity contribution in [2.75, 3.05) is 23.3 Å². The molecule has 3 rings (SSSR count). The molecule has 1 aliphatic rings. The second-order valence-electron chi connectivity index (χ2n) is 6.85. The van der Waals surface area contributed by atoms with Crippen LogP contribution in [0.1, 0.15) is 38.2 Å². The van der Waals surface area contributed by atoms with E-state index in [0.717, 1.165) is 30.8 Å². The number of anilines is 2. The predicted octanol–water partition coefficient (Wildman–Crippen LogP) is 2.75. The van der Waals surface area contributed by atoms with Gasteiger partial charge in [-0.1, -0.05) is 26.0 Å². The molecule has 25 heavy (non-hydrogen) atoms. The molecule has 6 heteroatoms. The van der Waals surface area contributed by atoms with Gasteiger partial charge >= 0.3 is 0 Å². The summed E-state index contributed by atoms with van der Waals surface area (Å²) in [6, 6.07) is 9.53. The number of piperidine rings is 1. The number of nitrogens with zero attached hydrogens (tertiary/aromatic N) is 2. The lowest BCUT2D eigenvalue weighted by molar-refractivity contribution is -0.120. The SMILES string of the molecule is CC(C)c1ccc(NC(=O)C2CCCN(c3cn[nH]c(=O)c3)C2)cc1. The van der Waals surface area contributed by atoms with Crippen molar-refractivity contribution in [1.82, 2.24) is 10.2 Å². The molecule has 1 aliphatic heterocycles. The number of rotatable bonds is 4. The van der Waals surface area contributed by atoms with Crippen molar-refractivity contribution < 1.29 is 4.79 Å². The van der Waals surface area contributed by atoms with Crippen molar-refractivity contribution in [1.29, 1.82) is 0 Å². The molecule has 1 atom stereocenters. The van der Waals surface area contributed by atoms with Gasteiger partial charge in [0.2, 0.25) is 5.91 Å². The van der Waals surface area contributed by atoms with Gasteiger partial charge in [0.25, 0.3) is 5.56 Å². The van der Waals surface area contributed by atoms with Gasteiger partial charge in [-0.05, 0) is 36.5 Å². The van der Waals surface area contributed by atoms with Crippen LogP contribution >= 0.6 is 0 Å². The molecule has 1 aromatic carbocycles. The quantitative estimate of drug-likeness (QED) is 0.897. The molecule has 6 nitrogen and oxygen atoms in total. The molecule has 0 spiro atoms. The minimum Gasteiger partial charge on any atom is -0.369 e. The summed E-state index contributed by atoms with van der Waals surface area (Å²) in [7, 11) is 0. The molecule has 1 unspecified atom stereocenters. The van der Waals surface area contributed by atoms with Gasteiger partial charge in [-0.15, -0.1) is 0 Å². The van der Waals surface area contributed by atoms with Crippen molar-refractivity contribution in [3.63, 3.8) is 0 Å². The van der Waals surface area contributed by atoms with Crippen molar-refractivity contribution in [3.05, 3.63) is 52.4 Å². The molecule has 0 radical (unpaired) electrons. The van der Waals surface area contributed by atoms with Gasteiger partial charge in [0.1, 0.15) is 0 Å². The maximum Gasteiger partial charge on any atom is 0.266 e. The molecule has 2 aromatic rings. The predicted molar refractivity (Wildman–Crippen MR) is 99.0 cm³/mol. The van der Waals surface area contributed by atoms with Crippen molar-refractivity contribution in [3.8, 4) is 0 Å². The van der Waals surface area contributed by atoms with Gasteiger partial charge in [0.15, 0.2) is 0 Å². The molecule has 2 N–H and O–H groups in total. The third-order valence-corrected chi connectivity index (χ3v) is 4.65. The Balaban J connectivity index is 1.64. The minimum atomic E-state index is -0.227. The molecule has 0 aliphatic carbocycles. The smallest absolute Gasteiger partial charge is 0.266 e. The van der Waals surface area contributed by atoms with E-state index in [1.165, 1.54) is 11.6 Å². The van der Waals surface area contributed by atoms with Crippen LogP contribution in [0.25, 0.3) is 0 Å². The van der Waals surface area contributed by atoms with Crippen LogP contribution < -0.4 is 15.8 Å². The molecule has 0 saturated carbocycles. The first kappa shape index (κ1) is 17.2. The number of hydrogen-bond acceptors (Lipinski definition) is 4. The Labute approximate surface area is 147 Å². The summed E-state index contributed by atoms with van der Waals surface area (Å²) in [5.74, 6) is 0.400. The van der Waals surface area contributed by atoms with E-state index < -0.39 is 0 Å². The molecule has 132 valence electrons. The minimum absolute atomic E-state index is 0.0276. The van der Waals surface area contributed by atoms with Crippen LogP contribution in [0, 0.1) is 5.92 Å². The summed E-state index contributed by atoms with van der Waals surface area (Å²) in [5.41, 5.74) is 2.62. The fourth-order valence-corrected chi connectivity index (χ4v) is 3.16. The molecular formula is C19H24N4O2. The Morgan fingerprint density at radius 1 is 1.32 bits per heavy atom. The Morgan fingerprint density at radius 3 is 2.76 bits per heavy atom. The second-order valence-corrected chi connectivity index (χ2v) is 6.85. The highest BCUT2D eigenvalue weighted by Crippen LogP contribution is 2.23. The lowest BCUT2D eigenvalue weighted by atomic mass is 9.96. The summed E-state index contributed by atoms with van der Waals surface area (Å²) in [6.45, 7) is 5.72. The van der Waals surface area contributed by atoms with E-state index in [2.05, 4.69) is 46.4 Å². The molecule has 1 aromatic heterocycles. The van der Waals surface area contributed by atoms with Crippen LogP contribution in [-0.4, -0.2) is 29.2 Å². The van der Waals surface area contributed by atoms with E-state index in [1.54, 1.807) is 6.20 Å². The number of H-pyrrole nitrogens is 1. The van der Waals surface area contributed by atoms with E-state index in [-0.39, 0.29) is 17.4 Å². The summed E-state index contributed by atoms with van der Waals surface area (Å²) in [6.07, 6.45) is 3.40. The summed E-state index contributed by atoms with van der Waals surface area (Å²) in [4.78, 5) is 26.1. The third-order valence-electron chi connectivity index (χ3n) is 4.65. The largest absolute Gasteiger partial charge is 0.369 e. The fourth-order valence-electron chi connectivity index (χ4n) is 3.16. The molecular weight excluding hydrogens is 316 g/mol. The van der Waals surface area contributed by atoms with E-state index in [9.17, 15) is 9.59 Å². The number of aromatic nitrogens is 2. The monoisotopic (exact) mass is 340 g/mol. The number of nitrogens with one attached hydrogen (secondary N) is 2. The zero-order valence-corrected chi connectivity index (χ0v) is 14.7. The van der Waals surface area contributed by atoms with Crippen LogP contribution in [-0.2, 0) is 4.79 Å². The van der Waals surface area contributed by atoms with Gasteiger partial charge in [-0.3, -0.25) is 9.59 Å². The maximum absolute atomic E-state index is 12.6. The van der Waals surface area contributed by atoms with Crippen molar-refractivity contribution in [2.45, 2.75) is 32.6 Å². The molecule has 2 heterocycles. The van der Waals surface area contributed by atoms with Crippen LogP contribution in [0.5, 0.6) is 0 Å². The number of carbonyl (C=O) groups is 1. The van der Waals surface area contributed by atoms with E-state index in [4.69, 9.17) is 0 Å². The van der Waals surface area contributed by atoms with E-state index in [1.807, 2.05) is 12.1 Å². The maximum atomic E-state index is 12.6. The van der Waals surface area contributed by atoms with Gasteiger partial charge in [0, 0.05) is 24.8 Å². The Morgan fingerprint density at radius 2 is 2.08 bits per heavy atom. The number of benzene rings is 1. The zero-order valence-electron chi connectivity index (χ0n) is 14.7. The highest BCUT2D eigenvalue weighted by atomic mass is 16.2. The van der Waals surface area contributed by atoms with E-state index >= 15 is 0 Å². The van der Waals surface area contributed by atoms with Gasteiger partial charge in [0.05, 0.1) is 17.8 Å². The lowest BCUT2D eigenvalue weighted by Gasteiger charge is -2.33. The summed E-state index contributed by atoms with van der Waals surface area (Å²) < 4.78 is 0. The number of hydrogen-bond donors (Lipinski definition) is 2. The molecule has 1 fully saturated rings. The number of aromatic amines is 1. The van der Waals surface area contributed by atoms with Crippen LogP contribution in [0.2, 0.25) is 0 Å². The Kier molecular flexibility index (Phi) is 5.16. The zero-order chi connectivity index (χ0) is 17.8. The van der Waals surface area contributed by atoms with Crippen molar-refractivity contribution >= 4 is 17.3 Å². The average Bonchev–Trinajstić information content (AvgIpc) is 2.62. The summed E-state index contributed by atoms with van der Waals surface area (Å²) >= 11 is 0. The number of amides is 1. The summed E-state index contributed by atoms with van der Waals surface area (Å²) in [5, 5.41) is 9.23. The van der Waals surface area contributed by atoms with Gasteiger partial charge in [-0.25, -0.2) is 5.10 Å². The van der Waals surface area contributed by atoms with Gasteiger partial charge in [-0.2, -0.15) is 5.10 Å². The first-order valence-electron chi connectivity index (χ1n) is 8.73. The lowest BCUT2D eigenvalue weighted by Crippen LogP contribution is -2.41. The standard InChI is InChI=1S/C19H24N4O2/c1-13(2)14-5-7-16(8-6-14)21-19(25)15-4-3-9-23(12-15)17-10-18(24)22-20-11-17/h5-8,10-11,13,15H,3-4,9,12H2,1-2H3,(H,21,25)(H,22,24). The first-order valence-corrected chi connectivity index (χ1v) is 8.73. The molecule has 1 saturated heterocycles. The Hall–Kier alpha value is -2.63. The van der Waals surface area contributed by atoms with Crippen LogP contribution in [0.4, 0.5) is 11.4 Å². The third kappa shape index (κ3) is 4.26. The highest BCUT2D eigenvalue weighted by Gasteiger charge is 2.26. The fraction of sp³-hybridized carbons (Fsp3) is 0.421.